The summed E-state index contributed by atoms with van der Waals surface area (Å²) in [6, 6.07) is 21.8. The number of carbonyl (C=O) groups is 8. The molecule has 8 rings (SSSR count). The molecule has 4 aromatic carbocycles. The number of hydrogen-bond acceptors (Lipinski definition) is 10. The average molecular weight is 1150 g/mol. The van der Waals surface area contributed by atoms with Gasteiger partial charge in [-0.15, -0.1) is 0 Å². The second-order valence-corrected chi connectivity index (χ2v) is 25.8. The molecule has 2 aliphatic heterocycles. The summed E-state index contributed by atoms with van der Waals surface area (Å²) in [6.07, 6.45) is 5.49. The Bertz CT molecular complexity index is 3090. The van der Waals surface area contributed by atoms with Crippen LogP contribution in [0.1, 0.15) is 168 Å². The van der Waals surface area contributed by atoms with Crippen molar-refractivity contribution in [2.45, 2.75) is 182 Å². The predicted molar refractivity (Wildman–Crippen MR) is 324 cm³/mol. The number of likely N-dealkylation sites (tertiary alicyclic amines) is 1. The average Bonchev–Trinajstić information content (AvgIpc) is 4.09. The first-order chi connectivity index (χ1) is 39.9. The molecule has 8 amide bonds. The minimum Gasteiger partial charge on any atom is -0.347 e. The fourth-order valence-electron chi connectivity index (χ4n) is 12.4. The van der Waals surface area contributed by atoms with Crippen LogP contribution in [-0.2, 0) is 54.6 Å². The number of fused-ring (bicyclic) bond motifs is 3. The normalized spacial score (nSPS) is 20.8. The van der Waals surface area contributed by atoms with Crippen molar-refractivity contribution in [2.75, 3.05) is 25.5 Å². The Labute approximate surface area is 495 Å². The van der Waals surface area contributed by atoms with E-state index in [1.807, 2.05) is 105 Å². The molecule has 84 heavy (non-hydrogen) atoms. The summed E-state index contributed by atoms with van der Waals surface area (Å²) in [4.78, 5) is 117. The van der Waals surface area contributed by atoms with Gasteiger partial charge in [0.2, 0.25) is 35.4 Å². The van der Waals surface area contributed by atoms with Crippen LogP contribution in [0.15, 0.2) is 91.0 Å². The highest BCUT2D eigenvalue weighted by Gasteiger charge is 2.47. The fraction of sp³-hybridized carbons (Fsp3) is 0.515. The maximum Gasteiger partial charge on any atom is 0.255 e. The number of carbonyl (C=O) groups excluding carboxylic acids is 8. The van der Waals surface area contributed by atoms with Gasteiger partial charge in [-0.2, -0.15) is 0 Å². The molecule has 0 bridgehead atoms. The Hall–Kier alpha value is -7.44. The minimum atomic E-state index is -0.987. The summed E-state index contributed by atoms with van der Waals surface area (Å²) in [5.74, 6) is -3.06. The zero-order valence-corrected chi connectivity index (χ0v) is 50.9. The largest absolute Gasteiger partial charge is 0.347 e. The lowest BCUT2D eigenvalue weighted by atomic mass is 9.83. The van der Waals surface area contributed by atoms with Crippen molar-refractivity contribution in [3.8, 4) is 0 Å². The molecule has 0 unspecified atom stereocenters. The Morgan fingerprint density at radius 3 is 1.65 bits per heavy atom. The predicted octanol–water partition coefficient (Wildman–Crippen LogP) is 6.58. The van der Waals surface area contributed by atoms with Crippen molar-refractivity contribution in [3.63, 3.8) is 0 Å². The van der Waals surface area contributed by atoms with Crippen molar-refractivity contribution < 1.29 is 38.4 Å². The molecule has 0 aromatic heterocycles. The summed E-state index contributed by atoms with van der Waals surface area (Å²) < 4.78 is 0. The molecule has 450 valence electrons. The van der Waals surface area contributed by atoms with Gasteiger partial charge in [-0.1, -0.05) is 117 Å². The lowest BCUT2D eigenvalue weighted by Crippen LogP contribution is -2.62. The van der Waals surface area contributed by atoms with Gasteiger partial charge in [0.1, 0.15) is 24.2 Å². The van der Waals surface area contributed by atoms with E-state index in [9.17, 15) is 38.4 Å². The van der Waals surface area contributed by atoms with E-state index in [0.29, 0.717) is 12.2 Å². The highest BCUT2D eigenvalue weighted by atomic mass is 16.2. The van der Waals surface area contributed by atoms with Crippen molar-refractivity contribution in [1.82, 2.24) is 47.0 Å². The number of rotatable bonds is 18. The molecule has 2 heterocycles. The summed E-state index contributed by atoms with van der Waals surface area (Å²) in [7, 11) is 1.70. The number of nitrogens with zero attached hydrogens (tertiary/aromatic N) is 2. The maximum atomic E-state index is 15.0. The lowest BCUT2D eigenvalue weighted by molar-refractivity contribution is -0.147. The van der Waals surface area contributed by atoms with Crippen LogP contribution in [0.4, 0.5) is 5.69 Å². The number of aryl methyl sites for hydroxylation is 2. The van der Waals surface area contributed by atoms with E-state index in [0.717, 1.165) is 60.8 Å². The molecular weight excluding hydrogens is 1060 g/mol. The molecule has 9 atom stereocenters. The topological polar surface area (TPSA) is 239 Å². The number of anilines is 1. The molecule has 18 nitrogen and oxygen atoms in total. The molecule has 1 saturated heterocycles. The third-order valence-corrected chi connectivity index (χ3v) is 17.1. The van der Waals surface area contributed by atoms with Crippen molar-refractivity contribution in [1.29, 1.82) is 0 Å². The van der Waals surface area contributed by atoms with E-state index in [1.165, 1.54) is 16.0 Å². The summed E-state index contributed by atoms with van der Waals surface area (Å²) in [5.41, 5.74) is 5.58. The quantitative estimate of drug-likeness (QED) is 0.0533. The monoisotopic (exact) mass is 1150 g/mol. The minimum absolute atomic E-state index is 0.0201. The zero-order chi connectivity index (χ0) is 60.8. The molecule has 4 aliphatic rings. The van der Waals surface area contributed by atoms with Gasteiger partial charge in [0.25, 0.3) is 11.8 Å². The summed E-state index contributed by atoms with van der Waals surface area (Å²) in [6.45, 7) is 19.4. The number of likely N-dealkylation sites (N-methyl/N-ethyl adjacent to an activating group) is 2. The first-order valence-electron chi connectivity index (χ1n) is 30.1. The first kappa shape index (κ1) is 62.6. The van der Waals surface area contributed by atoms with Crippen molar-refractivity contribution >= 4 is 52.9 Å². The molecular formula is C66H88N10O8. The van der Waals surface area contributed by atoms with Gasteiger partial charge in [-0.25, -0.2) is 0 Å². The Balaban J connectivity index is 0.977. The molecule has 2 aliphatic carbocycles. The summed E-state index contributed by atoms with van der Waals surface area (Å²) >= 11 is 0. The zero-order valence-electron chi connectivity index (χ0n) is 50.9. The lowest BCUT2D eigenvalue weighted by Gasteiger charge is -2.42. The van der Waals surface area contributed by atoms with E-state index < -0.39 is 76.8 Å². The van der Waals surface area contributed by atoms with Crippen LogP contribution in [0.3, 0.4) is 0 Å². The van der Waals surface area contributed by atoms with E-state index in [-0.39, 0.29) is 78.7 Å². The third-order valence-electron chi connectivity index (χ3n) is 17.1. The van der Waals surface area contributed by atoms with Gasteiger partial charge in [0.05, 0.1) is 24.2 Å². The van der Waals surface area contributed by atoms with Crippen LogP contribution in [0.25, 0.3) is 0 Å². The van der Waals surface area contributed by atoms with E-state index in [1.54, 1.807) is 55.3 Å². The van der Waals surface area contributed by atoms with Gasteiger partial charge >= 0.3 is 0 Å². The smallest absolute Gasteiger partial charge is 0.255 e. The molecule has 1 fully saturated rings. The number of benzene rings is 4. The van der Waals surface area contributed by atoms with Gasteiger partial charge < -0.3 is 52.3 Å². The number of hydrogen-bond donors (Lipinski definition) is 8. The van der Waals surface area contributed by atoms with E-state index in [2.05, 4.69) is 54.7 Å². The molecule has 18 heteroatoms. The van der Waals surface area contributed by atoms with Crippen LogP contribution < -0.4 is 42.5 Å². The van der Waals surface area contributed by atoms with Crippen LogP contribution in [0.5, 0.6) is 0 Å². The Morgan fingerprint density at radius 1 is 0.595 bits per heavy atom. The van der Waals surface area contributed by atoms with E-state index >= 15 is 0 Å². The number of amides is 8. The van der Waals surface area contributed by atoms with Gasteiger partial charge in [0.15, 0.2) is 0 Å². The molecule has 8 N–H and O–H groups in total. The second-order valence-electron chi connectivity index (χ2n) is 25.8. The van der Waals surface area contributed by atoms with Crippen molar-refractivity contribution in [3.05, 3.63) is 136 Å². The first-order valence-corrected chi connectivity index (χ1v) is 30.1. The maximum absolute atomic E-state index is 15.0. The van der Waals surface area contributed by atoms with Crippen LogP contribution in [-0.4, -0.2) is 119 Å². The van der Waals surface area contributed by atoms with Crippen LogP contribution >= 0.6 is 0 Å². The molecule has 0 spiro atoms. The molecule has 4 aromatic rings. The van der Waals surface area contributed by atoms with Crippen LogP contribution in [0.2, 0.25) is 0 Å². The second kappa shape index (κ2) is 26.6. The number of nitrogens with one attached hydrogen (secondary N) is 8. The Morgan fingerprint density at radius 2 is 1.12 bits per heavy atom. The molecule has 0 saturated carbocycles. The SMILES string of the molecule is CCN[C@@H](C)C(=O)N[C@H](C(=O)N1Cc2cc(NC(=O)c3ccc(C(=O)N[C@H]4C[C@@H](C(=O)N[C@@H]5CCCc6ccccc65)N(C(=O)[C@@H](NC(=O)[C@@H](NC)C(C)C)C(C)(C)C)C4)cc3)ccc2C[C@H]1C(=O)N[C@@H]1CCCc2ccccc21)C(C)(C)C. The fourth-order valence-corrected chi connectivity index (χ4v) is 12.4. The standard InChI is InChI=1S/C66H88N10O8/c1-12-68-39(4)57(77)73-55(65(5,6)7)63(83)75-36-45-33-46(32-31-44(45)34-52(75)60(80)71-50-25-17-21-40-19-13-15-23-48(40)50)69-58(78)42-27-29-43(30-28-42)59(79)70-47-35-53(61(81)72-51-26-18-22-41-20-14-16-24-49(41)51)76(37-47)64(84)56(66(8,9)10)74-62(82)54(67-11)38(2)3/h13-16,19-20,23-24,27-33,38-39,47,50-56,67-68H,12,17-18,21-22,25-26,34-37H2,1-11H3,(H,69,78)(H,70,79)(H,71,80)(H,72,81)(H,73,77)(H,74,82)/t39-,47-,50+,51+,52-,53-,54-,55+,56+/m0/s1. The third kappa shape index (κ3) is 14.5. The van der Waals surface area contributed by atoms with Gasteiger partial charge in [-0.3, -0.25) is 38.4 Å². The summed E-state index contributed by atoms with van der Waals surface area (Å²) in [5, 5.41) is 24.7. The van der Waals surface area contributed by atoms with Gasteiger partial charge in [0, 0.05) is 42.4 Å². The highest BCUT2D eigenvalue weighted by molar-refractivity contribution is 6.05. The van der Waals surface area contributed by atoms with E-state index in [4.69, 9.17) is 0 Å². The van der Waals surface area contributed by atoms with Crippen molar-refractivity contribution in [2.24, 2.45) is 16.7 Å². The Kier molecular flexibility index (Phi) is 19.9. The molecule has 0 radical (unpaired) electrons. The highest BCUT2D eigenvalue weighted by Crippen LogP contribution is 2.35. The van der Waals surface area contributed by atoms with Crippen LogP contribution in [0, 0.1) is 16.7 Å². The van der Waals surface area contributed by atoms with Gasteiger partial charge in [-0.05, 0) is 152 Å².